The number of aliphatic hydroxyl groups is 1. The number of ether oxygens (including phenoxy) is 4. The topological polar surface area (TPSA) is 57.2 Å². The summed E-state index contributed by atoms with van der Waals surface area (Å²) in [7, 11) is 0. The molecule has 0 amide bonds. The molecule has 5 heteroatoms. The summed E-state index contributed by atoms with van der Waals surface area (Å²) >= 11 is 0. The minimum atomic E-state index is -1.71. The third-order valence-corrected chi connectivity index (χ3v) is 6.75. The van der Waals surface area contributed by atoms with Gasteiger partial charge in [-0.25, -0.2) is 0 Å². The van der Waals surface area contributed by atoms with Crippen LogP contribution in [0, 0.1) is 0 Å². The maximum absolute atomic E-state index is 12.2. The lowest BCUT2D eigenvalue weighted by molar-refractivity contribution is -0.351. The predicted octanol–water partition coefficient (Wildman–Crippen LogP) is 6.01. The van der Waals surface area contributed by atoms with E-state index in [4.69, 9.17) is 18.9 Å². The molecule has 1 unspecified atom stereocenters. The molecule has 0 spiro atoms. The SMILES string of the molecule is OC1(c2ccccc2)O[C@H](COCc2ccccc2)C[C@H](OCc2ccccc2)[C@H]1OCc1ccccc1. The van der Waals surface area contributed by atoms with Gasteiger partial charge >= 0.3 is 0 Å². The average molecular weight is 511 g/mol. The normalized spacial score (nSPS) is 23.2. The summed E-state index contributed by atoms with van der Waals surface area (Å²) in [6.07, 6.45) is -1.04. The summed E-state index contributed by atoms with van der Waals surface area (Å²) in [6.45, 7) is 1.51. The fourth-order valence-corrected chi connectivity index (χ4v) is 4.81. The molecule has 1 N–H and O–H groups in total. The van der Waals surface area contributed by atoms with Crippen LogP contribution in [0.1, 0.15) is 28.7 Å². The molecule has 1 saturated heterocycles. The summed E-state index contributed by atoms with van der Waals surface area (Å²) in [5.41, 5.74) is 3.78. The van der Waals surface area contributed by atoms with Gasteiger partial charge in [-0.05, 0) is 16.7 Å². The molecule has 1 fully saturated rings. The quantitative estimate of drug-likeness (QED) is 0.268. The van der Waals surface area contributed by atoms with Crippen LogP contribution in [0.15, 0.2) is 121 Å². The van der Waals surface area contributed by atoms with Gasteiger partial charge < -0.3 is 24.1 Å². The van der Waals surface area contributed by atoms with Crippen LogP contribution in [0.2, 0.25) is 0 Å². The van der Waals surface area contributed by atoms with E-state index in [0.29, 0.717) is 38.4 Å². The van der Waals surface area contributed by atoms with Crippen molar-refractivity contribution in [3.05, 3.63) is 144 Å². The highest BCUT2D eigenvalue weighted by atomic mass is 16.7. The molecule has 1 aliphatic rings. The second-order valence-electron chi connectivity index (χ2n) is 9.59. The zero-order valence-corrected chi connectivity index (χ0v) is 21.4. The second-order valence-corrected chi connectivity index (χ2v) is 9.59. The van der Waals surface area contributed by atoms with Crippen LogP contribution < -0.4 is 0 Å². The van der Waals surface area contributed by atoms with Crippen molar-refractivity contribution in [3.8, 4) is 0 Å². The Bertz CT molecular complexity index is 1220. The van der Waals surface area contributed by atoms with Crippen LogP contribution in [0.3, 0.4) is 0 Å². The van der Waals surface area contributed by atoms with E-state index in [0.717, 1.165) is 16.7 Å². The zero-order valence-electron chi connectivity index (χ0n) is 21.4. The Morgan fingerprint density at radius 2 is 1.11 bits per heavy atom. The first kappa shape index (κ1) is 26.3. The molecule has 0 bridgehead atoms. The molecule has 196 valence electrons. The van der Waals surface area contributed by atoms with E-state index in [1.165, 1.54) is 0 Å². The van der Waals surface area contributed by atoms with Crippen LogP contribution in [0.5, 0.6) is 0 Å². The van der Waals surface area contributed by atoms with Gasteiger partial charge in [0.2, 0.25) is 5.79 Å². The summed E-state index contributed by atoms with van der Waals surface area (Å²) in [6, 6.07) is 39.4. The highest BCUT2D eigenvalue weighted by Crippen LogP contribution is 2.40. The van der Waals surface area contributed by atoms with E-state index in [2.05, 4.69) is 0 Å². The highest BCUT2D eigenvalue weighted by Gasteiger charge is 2.52. The first-order valence-electron chi connectivity index (χ1n) is 13.1. The predicted molar refractivity (Wildman–Crippen MR) is 146 cm³/mol. The minimum absolute atomic E-state index is 0.320. The molecule has 4 aromatic carbocycles. The lowest BCUT2D eigenvalue weighted by Gasteiger charge is -2.47. The monoisotopic (exact) mass is 510 g/mol. The first-order valence-corrected chi connectivity index (χ1v) is 13.1. The number of hydrogen-bond acceptors (Lipinski definition) is 5. The molecule has 0 saturated carbocycles. The Kier molecular flexibility index (Phi) is 8.97. The molecule has 1 aliphatic heterocycles. The Balaban J connectivity index is 1.38. The van der Waals surface area contributed by atoms with E-state index < -0.39 is 18.0 Å². The van der Waals surface area contributed by atoms with Crippen LogP contribution in [-0.4, -0.2) is 30.0 Å². The molecule has 4 aromatic rings. The van der Waals surface area contributed by atoms with E-state index in [-0.39, 0.29) is 6.10 Å². The van der Waals surface area contributed by atoms with Gasteiger partial charge in [0, 0.05) is 12.0 Å². The van der Waals surface area contributed by atoms with Crippen LogP contribution >= 0.6 is 0 Å². The fourth-order valence-electron chi connectivity index (χ4n) is 4.81. The Morgan fingerprint density at radius 1 is 0.632 bits per heavy atom. The van der Waals surface area contributed by atoms with Crippen molar-refractivity contribution in [2.24, 2.45) is 0 Å². The van der Waals surface area contributed by atoms with E-state index in [1.807, 2.05) is 121 Å². The number of hydrogen-bond donors (Lipinski definition) is 1. The molecule has 0 aliphatic carbocycles. The van der Waals surface area contributed by atoms with Crippen LogP contribution in [-0.2, 0) is 44.6 Å². The third-order valence-electron chi connectivity index (χ3n) is 6.75. The average Bonchev–Trinajstić information content (AvgIpc) is 2.97. The Labute approximate surface area is 224 Å². The van der Waals surface area contributed by atoms with Crippen molar-refractivity contribution < 1.29 is 24.1 Å². The van der Waals surface area contributed by atoms with E-state index in [9.17, 15) is 5.11 Å². The second kappa shape index (κ2) is 13.0. The molecule has 0 aromatic heterocycles. The molecule has 1 heterocycles. The number of rotatable bonds is 11. The maximum atomic E-state index is 12.2. The van der Waals surface area contributed by atoms with E-state index in [1.54, 1.807) is 0 Å². The van der Waals surface area contributed by atoms with Crippen molar-refractivity contribution in [1.29, 1.82) is 0 Å². The molecule has 38 heavy (non-hydrogen) atoms. The molecule has 4 atom stereocenters. The smallest absolute Gasteiger partial charge is 0.222 e. The van der Waals surface area contributed by atoms with Crippen molar-refractivity contribution in [2.45, 2.75) is 50.3 Å². The summed E-state index contributed by atoms with van der Waals surface area (Å²) < 4.78 is 25.3. The van der Waals surface area contributed by atoms with Crippen molar-refractivity contribution in [1.82, 2.24) is 0 Å². The molecular formula is C33H34O5. The lowest BCUT2D eigenvalue weighted by Crippen LogP contribution is -2.58. The molecule has 5 nitrogen and oxygen atoms in total. The van der Waals surface area contributed by atoms with Gasteiger partial charge in [-0.3, -0.25) is 0 Å². The van der Waals surface area contributed by atoms with Gasteiger partial charge in [-0.1, -0.05) is 121 Å². The Hall–Kier alpha value is -3.32. The van der Waals surface area contributed by atoms with Gasteiger partial charge in [0.05, 0.1) is 38.6 Å². The van der Waals surface area contributed by atoms with Gasteiger partial charge in [0.15, 0.2) is 0 Å². The highest BCUT2D eigenvalue weighted by molar-refractivity contribution is 5.24. The largest absolute Gasteiger partial charge is 0.374 e. The summed E-state index contributed by atoms with van der Waals surface area (Å²) in [5.74, 6) is -1.71. The summed E-state index contributed by atoms with van der Waals surface area (Å²) in [5, 5.41) is 12.2. The van der Waals surface area contributed by atoms with Gasteiger partial charge in [-0.2, -0.15) is 0 Å². The first-order chi connectivity index (χ1) is 18.7. The van der Waals surface area contributed by atoms with Gasteiger partial charge in [0.1, 0.15) is 6.10 Å². The zero-order chi connectivity index (χ0) is 26.0. The Morgan fingerprint density at radius 3 is 1.66 bits per heavy atom. The lowest BCUT2D eigenvalue weighted by atomic mass is 9.89. The maximum Gasteiger partial charge on any atom is 0.222 e. The molecule has 5 rings (SSSR count). The van der Waals surface area contributed by atoms with Crippen LogP contribution in [0.25, 0.3) is 0 Å². The number of benzene rings is 4. The third kappa shape index (κ3) is 6.76. The van der Waals surface area contributed by atoms with E-state index >= 15 is 0 Å². The summed E-state index contributed by atoms with van der Waals surface area (Å²) in [4.78, 5) is 0. The van der Waals surface area contributed by atoms with Crippen molar-refractivity contribution in [2.75, 3.05) is 6.61 Å². The van der Waals surface area contributed by atoms with Crippen LogP contribution in [0.4, 0.5) is 0 Å². The van der Waals surface area contributed by atoms with Gasteiger partial charge in [0.25, 0.3) is 0 Å². The van der Waals surface area contributed by atoms with Crippen molar-refractivity contribution in [3.63, 3.8) is 0 Å². The van der Waals surface area contributed by atoms with Gasteiger partial charge in [-0.15, -0.1) is 0 Å². The minimum Gasteiger partial charge on any atom is -0.374 e. The fraction of sp³-hybridized carbons (Fsp3) is 0.273. The standard InChI is InChI=1S/C33H34O5/c34-33(29-19-11-4-12-20-29)32(37-24-28-17-9-3-10-18-28)31(36-23-27-15-7-2-8-16-27)21-30(38-33)25-35-22-26-13-5-1-6-14-26/h1-20,30-32,34H,21-25H2/t30-,31-,32+,33?/m0/s1. The van der Waals surface area contributed by atoms with Crippen molar-refractivity contribution >= 4 is 0 Å². The molecular weight excluding hydrogens is 476 g/mol. The molecule has 0 radical (unpaired) electrons.